The number of halogens is 2. The van der Waals surface area contributed by atoms with Gasteiger partial charge in [-0.25, -0.2) is 0 Å². The van der Waals surface area contributed by atoms with Gasteiger partial charge < -0.3 is 10.4 Å². The van der Waals surface area contributed by atoms with Crippen LogP contribution in [0.4, 0.5) is 0 Å². The van der Waals surface area contributed by atoms with Gasteiger partial charge in [0.2, 0.25) is 0 Å². The molecule has 16 heavy (non-hydrogen) atoms. The number of aliphatic hydroxyl groups is 1. The summed E-state index contributed by atoms with van der Waals surface area (Å²) in [6, 6.07) is 0. The number of hydrogen-bond acceptors (Lipinski definition) is 3. The summed E-state index contributed by atoms with van der Waals surface area (Å²) in [6.45, 7) is 9.49. The van der Waals surface area contributed by atoms with Gasteiger partial charge in [0, 0.05) is 18.0 Å². The molecule has 0 bridgehead atoms. The molecule has 1 atom stereocenters. The smallest absolute Gasteiger partial charge is 0.0879 e. The molecule has 0 aliphatic carbocycles. The van der Waals surface area contributed by atoms with Crippen LogP contribution in [0.15, 0.2) is 0 Å². The lowest BCUT2D eigenvalue weighted by Crippen LogP contribution is -2.42. The highest BCUT2D eigenvalue weighted by molar-refractivity contribution is 6.23. The maximum atomic E-state index is 9.63. The standard InChI is InChI=1S/C11H24Cl2N2O/c1-10(2,12)5-6-14-7-9(16)8-15-11(3,4)13/h9,14-16H,5-8H2,1-4H3. The zero-order valence-electron chi connectivity index (χ0n) is 10.6. The zero-order valence-corrected chi connectivity index (χ0v) is 12.1. The summed E-state index contributed by atoms with van der Waals surface area (Å²) in [4.78, 5) is -0.659. The van der Waals surface area contributed by atoms with Crippen molar-refractivity contribution in [2.75, 3.05) is 19.6 Å². The van der Waals surface area contributed by atoms with Crippen molar-refractivity contribution in [3.8, 4) is 0 Å². The predicted molar refractivity (Wildman–Crippen MR) is 71.4 cm³/mol. The van der Waals surface area contributed by atoms with Gasteiger partial charge in [0.25, 0.3) is 0 Å². The molecule has 5 heteroatoms. The molecule has 0 aromatic heterocycles. The van der Waals surface area contributed by atoms with Crippen LogP contribution >= 0.6 is 23.2 Å². The summed E-state index contributed by atoms with van der Waals surface area (Å²) in [7, 11) is 0. The van der Waals surface area contributed by atoms with Gasteiger partial charge in [0.1, 0.15) is 0 Å². The first kappa shape index (κ1) is 16.5. The third kappa shape index (κ3) is 12.5. The van der Waals surface area contributed by atoms with Crippen molar-refractivity contribution < 1.29 is 5.11 Å². The second-order valence-corrected chi connectivity index (χ2v) is 7.15. The highest BCUT2D eigenvalue weighted by Crippen LogP contribution is 2.16. The highest BCUT2D eigenvalue weighted by atomic mass is 35.5. The lowest BCUT2D eigenvalue weighted by atomic mass is 10.1. The van der Waals surface area contributed by atoms with Crippen molar-refractivity contribution in [1.29, 1.82) is 0 Å². The number of rotatable bonds is 8. The Labute approximate surface area is 109 Å². The first-order valence-electron chi connectivity index (χ1n) is 5.62. The molecule has 0 rings (SSSR count). The van der Waals surface area contributed by atoms with Gasteiger partial charge in [-0.1, -0.05) is 0 Å². The molecule has 0 heterocycles. The topological polar surface area (TPSA) is 44.3 Å². The van der Waals surface area contributed by atoms with Gasteiger partial charge in [-0.2, -0.15) is 0 Å². The van der Waals surface area contributed by atoms with Crippen LogP contribution in [0.1, 0.15) is 34.1 Å². The van der Waals surface area contributed by atoms with E-state index in [0.717, 1.165) is 13.0 Å². The molecule has 98 valence electrons. The molecule has 0 saturated heterocycles. The third-order valence-electron chi connectivity index (χ3n) is 2.03. The monoisotopic (exact) mass is 270 g/mol. The van der Waals surface area contributed by atoms with E-state index in [0.29, 0.717) is 13.1 Å². The fraction of sp³-hybridized carbons (Fsp3) is 1.00. The Balaban J connectivity index is 3.48. The Morgan fingerprint density at radius 1 is 1.12 bits per heavy atom. The molecule has 0 amide bonds. The average Bonchev–Trinajstić information content (AvgIpc) is 2.06. The van der Waals surface area contributed by atoms with Gasteiger partial charge in [-0.15, -0.1) is 23.2 Å². The van der Waals surface area contributed by atoms with E-state index in [1.165, 1.54) is 0 Å². The van der Waals surface area contributed by atoms with Gasteiger partial charge in [-0.05, 0) is 40.7 Å². The minimum Gasteiger partial charge on any atom is -0.390 e. The van der Waals surface area contributed by atoms with Crippen LogP contribution < -0.4 is 10.6 Å². The van der Waals surface area contributed by atoms with Crippen molar-refractivity contribution in [1.82, 2.24) is 10.6 Å². The normalized spacial score (nSPS) is 15.2. The molecule has 0 aliphatic rings. The van der Waals surface area contributed by atoms with Crippen LogP contribution in [-0.4, -0.2) is 40.7 Å². The molecule has 3 nitrogen and oxygen atoms in total. The van der Waals surface area contributed by atoms with Gasteiger partial charge in [-0.3, -0.25) is 5.32 Å². The average molecular weight is 271 g/mol. The first-order valence-corrected chi connectivity index (χ1v) is 6.37. The quantitative estimate of drug-likeness (QED) is 0.359. The lowest BCUT2D eigenvalue weighted by molar-refractivity contribution is 0.163. The van der Waals surface area contributed by atoms with Crippen LogP contribution in [-0.2, 0) is 0 Å². The maximum Gasteiger partial charge on any atom is 0.0879 e. The lowest BCUT2D eigenvalue weighted by Gasteiger charge is -2.21. The highest BCUT2D eigenvalue weighted by Gasteiger charge is 2.15. The van der Waals surface area contributed by atoms with E-state index in [1.807, 2.05) is 27.7 Å². The van der Waals surface area contributed by atoms with E-state index in [-0.39, 0.29) is 4.87 Å². The molecule has 0 radical (unpaired) electrons. The van der Waals surface area contributed by atoms with Gasteiger partial charge in [0.05, 0.1) is 11.1 Å². The molecule has 3 N–H and O–H groups in total. The molecular weight excluding hydrogens is 247 g/mol. The van der Waals surface area contributed by atoms with Gasteiger partial charge >= 0.3 is 0 Å². The maximum absolute atomic E-state index is 9.63. The minimum atomic E-state index is -0.473. The molecule has 0 aromatic carbocycles. The van der Waals surface area contributed by atoms with Crippen LogP contribution in [0, 0.1) is 0 Å². The summed E-state index contributed by atoms with van der Waals surface area (Å²) in [5.74, 6) is 0. The molecular formula is C11H24Cl2N2O. The summed E-state index contributed by atoms with van der Waals surface area (Å²) in [5.41, 5.74) is 0. The number of hydrogen-bond donors (Lipinski definition) is 3. The predicted octanol–water partition coefficient (Wildman–Crippen LogP) is 1.91. The van der Waals surface area contributed by atoms with E-state index in [4.69, 9.17) is 23.2 Å². The van der Waals surface area contributed by atoms with Crippen LogP contribution in [0.25, 0.3) is 0 Å². The Kier molecular flexibility index (Phi) is 7.22. The minimum absolute atomic E-state index is 0.186. The van der Waals surface area contributed by atoms with E-state index >= 15 is 0 Å². The van der Waals surface area contributed by atoms with Crippen LogP contribution in [0.3, 0.4) is 0 Å². The molecule has 0 aliphatic heterocycles. The van der Waals surface area contributed by atoms with E-state index in [9.17, 15) is 5.11 Å². The SMILES string of the molecule is CC(C)(Cl)CCNCC(O)CNC(C)(C)Cl. The van der Waals surface area contributed by atoms with Crippen molar-refractivity contribution in [3.05, 3.63) is 0 Å². The van der Waals surface area contributed by atoms with Crippen molar-refractivity contribution in [3.63, 3.8) is 0 Å². The Morgan fingerprint density at radius 2 is 1.69 bits per heavy atom. The molecule has 0 fully saturated rings. The fourth-order valence-corrected chi connectivity index (χ4v) is 1.26. The number of alkyl halides is 2. The van der Waals surface area contributed by atoms with Crippen molar-refractivity contribution in [2.24, 2.45) is 0 Å². The Morgan fingerprint density at radius 3 is 2.12 bits per heavy atom. The fourth-order valence-electron chi connectivity index (χ4n) is 1.09. The van der Waals surface area contributed by atoms with Crippen LogP contribution in [0.2, 0.25) is 0 Å². The van der Waals surface area contributed by atoms with E-state index in [1.54, 1.807) is 0 Å². The van der Waals surface area contributed by atoms with Crippen molar-refractivity contribution in [2.45, 2.75) is 50.1 Å². The summed E-state index contributed by atoms with van der Waals surface area (Å²) >= 11 is 12.0. The summed E-state index contributed by atoms with van der Waals surface area (Å²) in [6.07, 6.45) is 0.437. The molecule has 0 aromatic rings. The zero-order chi connectivity index (χ0) is 12.8. The number of aliphatic hydroxyl groups excluding tert-OH is 1. The van der Waals surface area contributed by atoms with Crippen LogP contribution in [0.5, 0.6) is 0 Å². The second-order valence-electron chi connectivity index (χ2n) is 5.18. The first-order chi connectivity index (χ1) is 7.10. The second kappa shape index (κ2) is 7.02. The molecule has 0 spiro atoms. The third-order valence-corrected chi connectivity index (χ3v) is 2.36. The molecule has 1 unspecified atom stereocenters. The van der Waals surface area contributed by atoms with Gasteiger partial charge in [0.15, 0.2) is 0 Å². The number of nitrogens with one attached hydrogen (secondary N) is 2. The Hall–Kier alpha value is 0.460. The summed E-state index contributed by atoms with van der Waals surface area (Å²) in [5, 5.41) is 15.8. The van der Waals surface area contributed by atoms with E-state index in [2.05, 4.69) is 10.6 Å². The summed E-state index contributed by atoms with van der Waals surface area (Å²) < 4.78 is 0. The largest absolute Gasteiger partial charge is 0.390 e. The Bertz CT molecular complexity index is 187. The van der Waals surface area contributed by atoms with Crippen molar-refractivity contribution >= 4 is 23.2 Å². The van der Waals surface area contributed by atoms with E-state index < -0.39 is 11.1 Å². The molecule has 0 saturated carbocycles.